The first-order valence-electron chi connectivity index (χ1n) is 7.00. The molecule has 1 fully saturated rings. The lowest BCUT2D eigenvalue weighted by atomic mass is 9.86. The molecule has 0 bridgehead atoms. The van der Waals surface area contributed by atoms with E-state index >= 15 is 0 Å². The van der Waals surface area contributed by atoms with Gasteiger partial charge in [0, 0.05) is 12.6 Å². The van der Waals surface area contributed by atoms with Crippen LogP contribution in [-0.4, -0.2) is 32.5 Å². The van der Waals surface area contributed by atoms with Crippen LogP contribution in [0.15, 0.2) is 11.5 Å². The fourth-order valence-electron chi connectivity index (χ4n) is 2.48. The van der Waals surface area contributed by atoms with Gasteiger partial charge < -0.3 is 9.88 Å². The van der Waals surface area contributed by atoms with Crippen molar-refractivity contribution in [1.29, 1.82) is 0 Å². The van der Waals surface area contributed by atoms with Crippen molar-refractivity contribution in [3.05, 3.63) is 6.33 Å². The third kappa shape index (κ3) is 3.96. The van der Waals surface area contributed by atoms with E-state index in [-0.39, 0.29) is 5.91 Å². The van der Waals surface area contributed by atoms with Crippen molar-refractivity contribution in [3.63, 3.8) is 0 Å². The van der Waals surface area contributed by atoms with Crippen molar-refractivity contribution in [3.8, 4) is 0 Å². The molecule has 2 atom stereocenters. The number of carbonyl (C=O) groups is 1. The smallest absolute Gasteiger partial charge is 0.230 e. The molecule has 6 heteroatoms. The summed E-state index contributed by atoms with van der Waals surface area (Å²) >= 11 is 1.45. The van der Waals surface area contributed by atoms with Crippen LogP contribution in [0, 0.1) is 5.92 Å². The van der Waals surface area contributed by atoms with Crippen molar-refractivity contribution in [2.75, 3.05) is 5.75 Å². The Kier molecular flexibility index (Phi) is 5.24. The molecule has 1 amide bonds. The van der Waals surface area contributed by atoms with Crippen molar-refractivity contribution >= 4 is 17.7 Å². The largest absolute Gasteiger partial charge is 0.352 e. The summed E-state index contributed by atoms with van der Waals surface area (Å²) in [6, 6.07) is 0.353. The summed E-state index contributed by atoms with van der Waals surface area (Å²) in [6.45, 7) is 5.10. The van der Waals surface area contributed by atoms with Gasteiger partial charge in [-0.25, -0.2) is 0 Å². The number of carbonyl (C=O) groups excluding carboxylic acids is 1. The van der Waals surface area contributed by atoms with Crippen LogP contribution in [0.2, 0.25) is 0 Å². The number of amides is 1. The highest BCUT2D eigenvalue weighted by Crippen LogP contribution is 2.24. The van der Waals surface area contributed by atoms with E-state index in [0.717, 1.165) is 18.1 Å². The standard InChI is InChI=1S/C13H22N4OS/c1-3-17-9-14-16-13(17)19-8-12(18)15-11-7-5-4-6-10(11)2/h9-11H,3-8H2,1-2H3,(H,15,18)/t10-,11-/m0/s1. The lowest BCUT2D eigenvalue weighted by molar-refractivity contribution is -0.119. The number of hydrogen-bond acceptors (Lipinski definition) is 4. The summed E-state index contributed by atoms with van der Waals surface area (Å²) in [4.78, 5) is 12.0. The van der Waals surface area contributed by atoms with Crippen LogP contribution in [0.1, 0.15) is 39.5 Å². The molecule has 0 aliphatic heterocycles. The molecule has 0 unspecified atom stereocenters. The summed E-state index contributed by atoms with van der Waals surface area (Å²) in [7, 11) is 0. The van der Waals surface area contributed by atoms with Gasteiger partial charge in [0.1, 0.15) is 6.33 Å². The van der Waals surface area contributed by atoms with Crippen LogP contribution in [-0.2, 0) is 11.3 Å². The molecule has 1 saturated carbocycles. The molecule has 1 aliphatic rings. The second-order valence-corrected chi connectivity index (χ2v) is 6.07. The topological polar surface area (TPSA) is 59.8 Å². The normalized spacial score (nSPS) is 23.3. The highest BCUT2D eigenvalue weighted by atomic mass is 32.2. The Morgan fingerprint density at radius 1 is 1.53 bits per heavy atom. The first kappa shape index (κ1) is 14.4. The molecule has 19 heavy (non-hydrogen) atoms. The number of rotatable bonds is 5. The average molecular weight is 282 g/mol. The zero-order chi connectivity index (χ0) is 13.7. The van der Waals surface area contributed by atoms with Crippen LogP contribution >= 0.6 is 11.8 Å². The van der Waals surface area contributed by atoms with Crippen LogP contribution in [0.4, 0.5) is 0 Å². The summed E-state index contributed by atoms with van der Waals surface area (Å²) in [5.41, 5.74) is 0. The zero-order valence-electron chi connectivity index (χ0n) is 11.6. The minimum Gasteiger partial charge on any atom is -0.352 e. The maximum atomic E-state index is 12.0. The second-order valence-electron chi connectivity index (χ2n) is 5.12. The highest BCUT2D eigenvalue weighted by molar-refractivity contribution is 7.99. The summed E-state index contributed by atoms with van der Waals surface area (Å²) in [5.74, 6) is 1.12. The molecule has 0 saturated heterocycles. The van der Waals surface area contributed by atoms with E-state index in [0.29, 0.717) is 17.7 Å². The molecule has 0 radical (unpaired) electrons. The van der Waals surface area contributed by atoms with Gasteiger partial charge in [0.15, 0.2) is 5.16 Å². The van der Waals surface area contributed by atoms with E-state index in [4.69, 9.17) is 0 Å². The molecule has 2 rings (SSSR count). The van der Waals surface area contributed by atoms with Gasteiger partial charge in [0.2, 0.25) is 5.91 Å². The summed E-state index contributed by atoms with van der Waals surface area (Å²) < 4.78 is 1.95. The molecule has 1 aromatic heterocycles. The van der Waals surface area contributed by atoms with Gasteiger partial charge in [-0.1, -0.05) is 31.5 Å². The quantitative estimate of drug-likeness (QED) is 0.840. The lowest BCUT2D eigenvalue weighted by Gasteiger charge is -2.29. The Morgan fingerprint density at radius 2 is 2.32 bits per heavy atom. The number of aryl methyl sites for hydroxylation is 1. The number of thioether (sulfide) groups is 1. The Balaban J connectivity index is 1.78. The average Bonchev–Trinajstić information content (AvgIpc) is 2.86. The van der Waals surface area contributed by atoms with Gasteiger partial charge in [-0.15, -0.1) is 10.2 Å². The predicted molar refractivity (Wildman–Crippen MR) is 76.0 cm³/mol. The second kappa shape index (κ2) is 6.93. The summed E-state index contributed by atoms with van der Waals surface area (Å²) in [5, 5.41) is 11.8. The molecule has 1 aliphatic carbocycles. The first-order valence-corrected chi connectivity index (χ1v) is 7.99. The van der Waals surface area contributed by atoms with Gasteiger partial charge >= 0.3 is 0 Å². The van der Waals surface area contributed by atoms with Crippen molar-refractivity contribution < 1.29 is 4.79 Å². The van der Waals surface area contributed by atoms with E-state index in [2.05, 4.69) is 22.4 Å². The van der Waals surface area contributed by atoms with Crippen molar-refractivity contribution in [1.82, 2.24) is 20.1 Å². The Labute approximate surface area is 118 Å². The number of aromatic nitrogens is 3. The SMILES string of the molecule is CCn1cnnc1SCC(=O)N[C@H]1CCCC[C@@H]1C. The van der Waals surface area contributed by atoms with E-state index < -0.39 is 0 Å². The molecule has 1 aromatic rings. The molecule has 1 N–H and O–H groups in total. The Hall–Kier alpha value is -1.04. The maximum Gasteiger partial charge on any atom is 0.230 e. The highest BCUT2D eigenvalue weighted by Gasteiger charge is 2.22. The van der Waals surface area contributed by atoms with Crippen molar-refractivity contribution in [2.45, 2.75) is 57.3 Å². The van der Waals surface area contributed by atoms with Gasteiger partial charge in [-0.2, -0.15) is 0 Å². The third-order valence-corrected chi connectivity index (χ3v) is 4.69. The maximum absolute atomic E-state index is 12.0. The lowest BCUT2D eigenvalue weighted by Crippen LogP contribution is -2.41. The Morgan fingerprint density at radius 3 is 3.05 bits per heavy atom. The summed E-state index contributed by atoms with van der Waals surface area (Å²) in [6.07, 6.45) is 6.56. The number of hydrogen-bond donors (Lipinski definition) is 1. The van der Waals surface area contributed by atoms with Gasteiger partial charge in [0.05, 0.1) is 5.75 Å². The van der Waals surface area contributed by atoms with E-state index in [9.17, 15) is 4.79 Å². The van der Waals surface area contributed by atoms with Crippen LogP contribution in [0.25, 0.3) is 0 Å². The monoisotopic (exact) mass is 282 g/mol. The Bertz CT molecular complexity index is 421. The fraction of sp³-hybridized carbons (Fsp3) is 0.769. The molecule has 0 aromatic carbocycles. The number of nitrogens with zero attached hydrogens (tertiary/aromatic N) is 3. The zero-order valence-corrected chi connectivity index (χ0v) is 12.4. The predicted octanol–water partition coefficient (Wildman–Crippen LogP) is 2.08. The third-order valence-electron chi connectivity index (χ3n) is 3.71. The van der Waals surface area contributed by atoms with Crippen molar-refractivity contribution in [2.24, 2.45) is 5.92 Å². The van der Waals surface area contributed by atoms with Crippen LogP contribution < -0.4 is 5.32 Å². The van der Waals surface area contributed by atoms with Crippen LogP contribution in [0.3, 0.4) is 0 Å². The van der Waals surface area contributed by atoms with Gasteiger partial charge in [0.25, 0.3) is 0 Å². The molecule has 5 nitrogen and oxygen atoms in total. The number of nitrogens with one attached hydrogen (secondary N) is 1. The minimum atomic E-state index is 0.106. The van der Waals surface area contributed by atoms with Gasteiger partial charge in [-0.3, -0.25) is 4.79 Å². The first-order chi connectivity index (χ1) is 9.20. The van der Waals surface area contributed by atoms with E-state index in [1.165, 1.54) is 31.0 Å². The molecular formula is C13H22N4OS. The minimum absolute atomic E-state index is 0.106. The molecule has 106 valence electrons. The van der Waals surface area contributed by atoms with E-state index in [1.54, 1.807) is 6.33 Å². The van der Waals surface area contributed by atoms with E-state index in [1.807, 2.05) is 11.5 Å². The van der Waals surface area contributed by atoms with Crippen LogP contribution in [0.5, 0.6) is 0 Å². The molecule has 0 spiro atoms. The fourth-order valence-corrected chi connectivity index (χ4v) is 3.27. The van der Waals surface area contributed by atoms with Gasteiger partial charge in [-0.05, 0) is 25.7 Å². The molecular weight excluding hydrogens is 260 g/mol. The molecule has 1 heterocycles.